The Hall–Kier alpha value is -3.43. The third-order valence-electron chi connectivity index (χ3n) is 7.06. The number of esters is 1. The summed E-state index contributed by atoms with van der Waals surface area (Å²) in [6, 6.07) is 6.89. The number of ether oxygens (including phenoxy) is 2. The molecule has 9 heteroatoms. The Morgan fingerprint density at radius 2 is 1.78 bits per heavy atom. The molecule has 0 bridgehead atoms. The molecule has 2 saturated heterocycles. The normalized spacial score (nSPS) is 20.0. The number of Topliss-reactive ketones (excluding diaryl/α,β-unsaturated/α-hetero) is 1. The number of aliphatic hydroxyl groups excluding tert-OH is 1. The molecular weight excluding hydrogens is 474 g/mol. The number of hydrogen-bond acceptors (Lipinski definition) is 7. The molecule has 198 valence electrons. The van der Waals surface area contributed by atoms with Crippen molar-refractivity contribution in [3.05, 3.63) is 63.5 Å². The van der Waals surface area contributed by atoms with Crippen molar-refractivity contribution in [2.75, 3.05) is 46.0 Å². The van der Waals surface area contributed by atoms with Crippen molar-refractivity contribution < 1.29 is 29.0 Å². The zero-order chi connectivity index (χ0) is 26.7. The van der Waals surface area contributed by atoms with Crippen molar-refractivity contribution in [1.82, 2.24) is 14.8 Å². The first-order valence-corrected chi connectivity index (χ1v) is 12.8. The number of ketones is 1. The van der Waals surface area contributed by atoms with Crippen molar-refractivity contribution in [3.63, 3.8) is 0 Å². The molecule has 2 fully saturated rings. The Bertz CT molecular complexity index is 1210. The summed E-state index contributed by atoms with van der Waals surface area (Å²) in [5.41, 5.74) is 3.35. The monoisotopic (exact) mass is 509 g/mol. The van der Waals surface area contributed by atoms with Gasteiger partial charge in [0.2, 0.25) is 0 Å². The van der Waals surface area contributed by atoms with Gasteiger partial charge in [-0.15, -0.1) is 0 Å². The molecule has 1 amide bonds. The first kappa shape index (κ1) is 26.6. The van der Waals surface area contributed by atoms with Crippen LogP contribution in [0.5, 0.6) is 0 Å². The van der Waals surface area contributed by atoms with Gasteiger partial charge >= 0.3 is 5.97 Å². The predicted molar refractivity (Wildman–Crippen MR) is 138 cm³/mol. The van der Waals surface area contributed by atoms with Crippen LogP contribution in [0.25, 0.3) is 5.76 Å². The third kappa shape index (κ3) is 5.33. The zero-order valence-electron chi connectivity index (χ0n) is 21.9. The number of amides is 1. The summed E-state index contributed by atoms with van der Waals surface area (Å²) in [5.74, 6) is -2.19. The molecule has 0 saturated carbocycles. The van der Waals surface area contributed by atoms with E-state index in [1.165, 1.54) is 0 Å². The average Bonchev–Trinajstić information content (AvgIpc) is 3.32. The fourth-order valence-corrected chi connectivity index (χ4v) is 5.14. The Kier molecular flexibility index (Phi) is 8.14. The van der Waals surface area contributed by atoms with E-state index in [2.05, 4.69) is 9.88 Å². The zero-order valence-corrected chi connectivity index (χ0v) is 21.9. The Morgan fingerprint density at radius 1 is 1.11 bits per heavy atom. The minimum atomic E-state index is -0.731. The van der Waals surface area contributed by atoms with Gasteiger partial charge in [0.25, 0.3) is 11.7 Å². The van der Waals surface area contributed by atoms with Crippen molar-refractivity contribution in [2.45, 2.75) is 40.2 Å². The highest BCUT2D eigenvalue weighted by Crippen LogP contribution is 2.41. The number of aliphatic hydroxyl groups is 1. The van der Waals surface area contributed by atoms with E-state index in [1.807, 2.05) is 31.2 Å². The van der Waals surface area contributed by atoms with E-state index < -0.39 is 23.7 Å². The molecule has 0 radical (unpaired) electrons. The van der Waals surface area contributed by atoms with Crippen molar-refractivity contribution >= 4 is 23.4 Å². The number of benzene rings is 1. The molecule has 0 spiro atoms. The van der Waals surface area contributed by atoms with Gasteiger partial charge in [-0.25, -0.2) is 4.79 Å². The van der Waals surface area contributed by atoms with Crippen molar-refractivity contribution in [1.29, 1.82) is 0 Å². The van der Waals surface area contributed by atoms with E-state index >= 15 is 0 Å². The molecule has 3 heterocycles. The van der Waals surface area contributed by atoms with E-state index in [9.17, 15) is 19.5 Å². The molecule has 9 nitrogen and oxygen atoms in total. The van der Waals surface area contributed by atoms with Crippen LogP contribution in [-0.2, 0) is 19.1 Å². The molecular formula is C28H35N3O6. The molecule has 0 aliphatic carbocycles. The molecule has 4 rings (SSSR count). The number of aromatic amines is 1. The summed E-state index contributed by atoms with van der Waals surface area (Å²) in [5, 5.41) is 11.5. The lowest BCUT2D eigenvalue weighted by atomic mass is 9.93. The SMILES string of the molecule is CCOC(=O)c1[nH]c(C)c(/C(O)=C2\C(=O)C(=O)N(CCCN3CCOCC3)[C@@H]2c2ccc(C)cc2)c1C. The molecule has 0 unspecified atom stereocenters. The average molecular weight is 510 g/mol. The van der Waals surface area contributed by atoms with Crippen LogP contribution in [0.3, 0.4) is 0 Å². The van der Waals surface area contributed by atoms with E-state index in [-0.39, 0.29) is 23.6 Å². The largest absolute Gasteiger partial charge is 0.507 e. The highest BCUT2D eigenvalue weighted by atomic mass is 16.5. The van der Waals surface area contributed by atoms with Crippen LogP contribution in [0.4, 0.5) is 0 Å². The molecule has 1 aromatic carbocycles. The maximum Gasteiger partial charge on any atom is 0.355 e. The smallest absolute Gasteiger partial charge is 0.355 e. The highest BCUT2D eigenvalue weighted by Gasteiger charge is 2.46. The number of nitrogens with one attached hydrogen (secondary N) is 1. The molecule has 2 N–H and O–H groups in total. The summed E-state index contributed by atoms with van der Waals surface area (Å²) < 4.78 is 10.5. The summed E-state index contributed by atoms with van der Waals surface area (Å²) in [6.45, 7) is 11.5. The maximum absolute atomic E-state index is 13.4. The lowest BCUT2D eigenvalue weighted by Gasteiger charge is -2.29. The minimum absolute atomic E-state index is 0.0286. The van der Waals surface area contributed by atoms with Gasteiger partial charge in [-0.3, -0.25) is 14.5 Å². The van der Waals surface area contributed by atoms with E-state index in [0.717, 1.165) is 30.8 Å². The second-order valence-electron chi connectivity index (χ2n) is 9.56. The van der Waals surface area contributed by atoms with Crippen LogP contribution in [0.15, 0.2) is 29.8 Å². The van der Waals surface area contributed by atoms with Gasteiger partial charge in [-0.2, -0.15) is 0 Å². The predicted octanol–water partition coefficient (Wildman–Crippen LogP) is 3.26. The number of morpholine rings is 1. The second kappa shape index (κ2) is 11.3. The number of carbonyl (C=O) groups excluding carboxylic acids is 3. The van der Waals surface area contributed by atoms with E-state index in [1.54, 1.807) is 25.7 Å². The van der Waals surface area contributed by atoms with Gasteiger partial charge in [-0.05, 0) is 45.2 Å². The fraction of sp³-hybridized carbons (Fsp3) is 0.464. The first-order chi connectivity index (χ1) is 17.7. The van der Waals surface area contributed by atoms with Crippen LogP contribution in [0, 0.1) is 20.8 Å². The number of H-pyrrole nitrogens is 1. The number of carbonyl (C=O) groups is 3. The Morgan fingerprint density at radius 3 is 2.43 bits per heavy atom. The number of likely N-dealkylation sites (tertiary alicyclic amines) is 1. The first-order valence-electron chi connectivity index (χ1n) is 12.8. The summed E-state index contributed by atoms with van der Waals surface area (Å²) in [6.07, 6.45) is 0.685. The van der Waals surface area contributed by atoms with Gasteiger partial charge in [0.1, 0.15) is 11.5 Å². The summed E-state index contributed by atoms with van der Waals surface area (Å²) in [4.78, 5) is 45.9. The Labute approximate surface area is 217 Å². The number of aryl methyl sites for hydroxylation is 2. The number of aromatic nitrogens is 1. The van der Waals surface area contributed by atoms with Gasteiger partial charge in [0, 0.05) is 37.4 Å². The van der Waals surface area contributed by atoms with Crippen LogP contribution in [0.2, 0.25) is 0 Å². The lowest BCUT2D eigenvalue weighted by molar-refractivity contribution is -0.140. The van der Waals surface area contributed by atoms with Gasteiger partial charge < -0.3 is 24.5 Å². The van der Waals surface area contributed by atoms with E-state index in [0.29, 0.717) is 43.0 Å². The maximum atomic E-state index is 13.4. The highest BCUT2D eigenvalue weighted by molar-refractivity contribution is 6.46. The third-order valence-corrected chi connectivity index (χ3v) is 7.06. The van der Waals surface area contributed by atoms with Gasteiger partial charge in [-0.1, -0.05) is 29.8 Å². The van der Waals surface area contributed by atoms with Crippen LogP contribution in [0.1, 0.15) is 57.8 Å². The van der Waals surface area contributed by atoms with Crippen molar-refractivity contribution in [2.24, 2.45) is 0 Å². The molecule has 1 aromatic heterocycles. The lowest BCUT2D eigenvalue weighted by Crippen LogP contribution is -2.38. The standard InChI is InChI=1S/C28H35N3O6/c1-5-37-28(35)23-18(3)21(19(4)29-23)25(32)22-24(20-9-7-17(2)8-10-20)31(27(34)26(22)33)12-6-11-30-13-15-36-16-14-30/h7-10,24,29,32H,5-6,11-16H2,1-4H3/b25-22+/t24-/m1/s1. The number of nitrogens with zero attached hydrogens (tertiary/aromatic N) is 2. The molecule has 2 aromatic rings. The molecule has 1 atom stereocenters. The quantitative estimate of drug-likeness (QED) is 0.243. The topological polar surface area (TPSA) is 112 Å². The number of rotatable bonds is 8. The van der Waals surface area contributed by atoms with Crippen molar-refractivity contribution in [3.8, 4) is 0 Å². The number of hydrogen-bond donors (Lipinski definition) is 2. The summed E-state index contributed by atoms with van der Waals surface area (Å²) in [7, 11) is 0. The Balaban J connectivity index is 1.73. The van der Waals surface area contributed by atoms with Gasteiger partial charge in [0.05, 0.1) is 31.4 Å². The fourth-order valence-electron chi connectivity index (χ4n) is 5.14. The minimum Gasteiger partial charge on any atom is -0.507 e. The van der Waals surface area contributed by atoms with Crippen LogP contribution < -0.4 is 0 Å². The molecule has 2 aliphatic rings. The summed E-state index contributed by atoms with van der Waals surface area (Å²) >= 11 is 0. The van der Waals surface area contributed by atoms with Crippen LogP contribution >= 0.6 is 0 Å². The van der Waals surface area contributed by atoms with Crippen LogP contribution in [-0.4, -0.2) is 83.5 Å². The second-order valence-corrected chi connectivity index (χ2v) is 9.56. The molecule has 2 aliphatic heterocycles. The van der Waals surface area contributed by atoms with Gasteiger partial charge in [0.15, 0.2) is 0 Å². The molecule has 37 heavy (non-hydrogen) atoms. The van der Waals surface area contributed by atoms with E-state index in [4.69, 9.17) is 9.47 Å².